The van der Waals surface area contributed by atoms with Gasteiger partial charge < -0.3 is 15.0 Å². The SMILES string of the molecule is O=C(c1cc(F)c(Oc2ccc(Cl)cc2-c2ccnn2C2CNC2)cc1F)N1CCCC1. The van der Waals surface area contributed by atoms with Gasteiger partial charge in [0.2, 0.25) is 0 Å². The smallest absolute Gasteiger partial charge is 0.256 e. The molecule has 3 heterocycles. The normalized spacial score (nSPS) is 16.3. The molecule has 0 radical (unpaired) electrons. The van der Waals surface area contributed by atoms with Crippen molar-refractivity contribution >= 4 is 17.5 Å². The third-order valence-corrected chi connectivity index (χ3v) is 6.09. The van der Waals surface area contributed by atoms with Crippen LogP contribution in [0.4, 0.5) is 8.78 Å². The van der Waals surface area contributed by atoms with E-state index in [1.54, 1.807) is 24.4 Å². The van der Waals surface area contributed by atoms with E-state index >= 15 is 0 Å². The van der Waals surface area contributed by atoms with Crippen LogP contribution in [0, 0.1) is 11.6 Å². The summed E-state index contributed by atoms with van der Waals surface area (Å²) in [5.74, 6) is -2.14. The second kappa shape index (κ2) is 8.52. The number of ether oxygens (including phenoxy) is 1. The molecule has 3 aromatic rings. The molecule has 1 N–H and O–H groups in total. The van der Waals surface area contributed by atoms with Crippen LogP contribution in [0.3, 0.4) is 0 Å². The van der Waals surface area contributed by atoms with Crippen LogP contribution in [0.1, 0.15) is 29.2 Å². The van der Waals surface area contributed by atoms with E-state index in [4.69, 9.17) is 16.3 Å². The van der Waals surface area contributed by atoms with Crippen LogP contribution in [0.25, 0.3) is 11.3 Å². The van der Waals surface area contributed by atoms with Crippen molar-refractivity contribution in [2.24, 2.45) is 0 Å². The second-order valence-corrected chi connectivity index (χ2v) is 8.41. The van der Waals surface area contributed by atoms with E-state index in [1.807, 2.05) is 10.7 Å². The number of benzene rings is 2. The van der Waals surface area contributed by atoms with Gasteiger partial charge in [-0.25, -0.2) is 8.78 Å². The Morgan fingerprint density at radius 1 is 1.06 bits per heavy atom. The van der Waals surface area contributed by atoms with E-state index in [9.17, 15) is 13.6 Å². The van der Waals surface area contributed by atoms with Crippen LogP contribution in [-0.4, -0.2) is 46.8 Å². The highest BCUT2D eigenvalue weighted by molar-refractivity contribution is 6.31. The Balaban J connectivity index is 1.48. The van der Waals surface area contributed by atoms with Crippen molar-refractivity contribution in [1.29, 1.82) is 0 Å². The number of likely N-dealkylation sites (tertiary alicyclic amines) is 1. The fourth-order valence-electron chi connectivity index (χ4n) is 4.04. The first-order chi connectivity index (χ1) is 15.5. The van der Waals surface area contributed by atoms with Gasteiger partial charge in [0.25, 0.3) is 5.91 Å². The Morgan fingerprint density at radius 2 is 1.84 bits per heavy atom. The first kappa shape index (κ1) is 20.9. The molecule has 5 rings (SSSR count). The fourth-order valence-corrected chi connectivity index (χ4v) is 4.21. The van der Waals surface area contributed by atoms with E-state index < -0.39 is 17.5 Å². The number of carbonyl (C=O) groups excluding carboxylic acids is 1. The van der Waals surface area contributed by atoms with E-state index in [1.165, 1.54) is 4.90 Å². The highest BCUT2D eigenvalue weighted by Gasteiger charge is 2.26. The predicted octanol–water partition coefficient (Wildman–Crippen LogP) is 4.65. The molecule has 2 aliphatic rings. The van der Waals surface area contributed by atoms with Crippen molar-refractivity contribution in [1.82, 2.24) is 20.0 Å². The predicted molar refractivity (Wildman–Crippen MR) is 116 cm³/mol. The molecule has 0 unspecified atom stereocenters. The number of aromatic nitrogens is 2. The summed E-state index contributed by atoms with van der Waals surface area (Å²) in [5.41, 5.74) is 1.08. The van der Waals surface area contributed by atoms with E-state index in [-0.39, 0.29) is 17.4 Å². The molecule has 0 saturated carbocycles. The Hall–Kier alpha value is -2.97. The minimum Gasteiger partial charge on any atom is -0.453 e. The highest BCUT2D eigenvalue weighted by atomic mass is 35.5. The van der Waals surface area contributed by atoms with Crippen molar-refractivity contribution in [3.63, 3.8) is 0 Å². The van der Waals surface area contributed by atoms with Crippen LogP contribution in [0.15, 0.2) is 42.6 Å². The van der Waals surface area contributed by atoms with E-state index in [0.29, 0.717) is 29.4 Å². The van der Waals surface area contributed by atoms with Gasteiger partial charge in [-0.1, -0.05) is 11.6 Å². The zero-order chi connectivity index (χ0) is 22.2. The maximum absolute atomic E-state index is 14.9. The van der Waals surface area contributed by atoms with Gasteiger partial charge in [0.1, 0.15) is 11.6 Å². The van der Waals surface area contributed by atoms with Gasteiger partial charge in [0, 0.05) is 49.0 Å². The lowest BCUT2D eigenvalue weighted by atomic mass is 10.1. The van der Waals surface area contributed by atoms with Gasteiger partial charge >= 0.3 is 0 Å². The molecule has 32 heavy (non-hydrogen) atoms. The molecule has 2 aromatic carbocycles. The third kappa shape index (κ3) is 3.84. The number of hydrogen-bond acceptors (Lipinski definition) is 4. The van der Waals surface area contributed by atoms with Crippen LogP contribution in [0.2, 0.25) is 5.02 Å². The summed E-state index contributed by atoms with van der Waals surface area (Å²) in [4.78, 5) is 14.1. The van der Waals surface area contributed by atoms with E-state index in [0.717, 1.165) is 43.8 Å². The standard InChI is InChI=1S/C23H21ClF2N4O2/c24-14-3-4-21(17(9-14)20-5-6-28-30(20)15-12-27-13-15)32-22-11-18(25)16(10-19(22)26)23(31)29-7-1-2-8-29/h3-6,9-11,15,27H,1-2,7-8,12-13H2. The van der Waals surface area contributed by atoms with Gasteiger partial charge in [0.15, 0.2) is 11.6 Å². The Labute approximate surface area is 188 Å². The van der Waals surface area contributed by atoms with Gasteiger partial charge in [-0.2, -0.15) is 5.10 Å². The molecule has 1 amide bonds. The zero-order valence-electron chi connectivity index (χ0n) is 17.2. The summed E-state index contributed by atoms with van der Waals surface area (Å²) in [6.07, 6.45) is 3.41. The molecule has 9 heteroatoms. The maximum atomic E-state index is 14.9. The molecule has 2 fully saturated rings. The minimum atomic E-state index is -0.820. The number of nitrogens with zero attached hydrogens (tertiary/aromatic N) is 3. The van der Waals surface area contributed by atoms with E-state index in [2.05, 4.69) is 10.4 Å². The molecule has 0 spiro atoms. The quantitative estimate of drug-likeness (QED) is 0.604. The van der Waals surface area contributed by atoms with Gasteiger partial charge in [0.05, 0.1) is 17.3 Å². The van der Waals surface area contributed by atoms with Crippen molar-refractivity contribution in [2.75, 3.05) is 26.2 Å². The average Bonchev–Trinajstić information content (AvgIpc) is 3.42. The molecule has 2 aliphatic heterocycles. The Kier molecular flexibility index (Phi) is 5.57. The van der Waals surface area contributed by atoms with Crippen LogP contribution < -0.4 is 10.1 Å². The first-order valence-electron chi connectivity index (χ1n) is 10.5. The molecule has 166 valence electrons. The maximum Gasteiger partial charge on any atom is 0.256 e. The van der Waals surface area contributed by atoms with Crippen molar-refractivity contribution in [3.8, 4) is 22.8 Å². The molecular weight excluding hydrogens is 438 g/mol. The Morgan fingerprint density at radius 3 is 2.56 bits per heavy atom. The number of amides is 1. The lowest BCUT2D eigenvalue weighted by molar-refractivity contribution is 0.0787. The molecular formula is C23H21ClF2N4O2. The second-order valence-electron chi connectivity index (χ2n) is 7.98. The number of hydrogen-bond donors (Lipinski definition) is 1. The highest BCUT2D eigenvalue weighted by Crippen LogP contribution is 2.38. The minimum absolute atomic E-state index is 0.192. The largest absolute Gasteiger partial charge is 0.453 e. The first-order valence-corrected chi connectivity index (χ1v) is 10.9. The monoisotopic (exact) mass is 458 g/mol. The summed E-state index contributed by atoms with van der Waals surface area (Å²) < 4.78 is 37.3. The molecule has 0 atom stereocenters. The number of halogens is 3. The topological polar surface area (TPSA) is 59.4 Å². The van der Waals surface area contributed by atoms with Gasteiger partial charge in [-0.3, -0.25) is 9.48 Å². The summed E-state index contributed by atoms with van der Waals surface area (Å²) in [6.45, 7) is 2.68. The van der Waals surface area contributed by atoms with Crippen LogP contribution >= 0.6 is 11.6 Å². The zero-order valence-corrected chi connectivity index (χ0v) is 17.9. The lowest BCUT2D eigenvalue weighted by Crippen LogP contribution is -2.44. The third-order valence-electron chi connectivity index (χ3n) is 5.86. The number of carbonyl (C=O) groups is 1. The average molecular weight is 459 g/mol. The molecule has 0 aliphatic carbocycles. The van der Waals surface area contributed by atoms with Crippen molar-refractivity contribution < 1.29 is 18.3 Å². The summed E-state index contributed by atoms with van der Waals surface area (Å²) >= 11 is 6.22. The fraction of sp³-hybridized carbons (Fsp3) is 0.304. The molecule has 2 saturated heterocycles. The van der Waals surface area contributed by atoms with Gasteiger partial charge in [-0.05, 0) is 43.2 Å². The lowest BCUT2D eigenvalue weighted by Gasteiger charge is -2.29. The summed E-state index contributed by atoms with van der Waals surface area (Å²) in [6, 6.07) is 8.77. The summed E-state index contributed by atoms with van der Waals surface area (Å²) in [5, 5.41) is 8.07. The van der Waals surface area contributed by atoms with Gasteiger partial charge in [-0.15, -0.1) is 0 Å². The van der Waals surface area contributed by atoms with Crippen molar-refractivity contribution in [2.45, 2.75) is 18.9 Å². The number of nitrogens with one attached hydrogen (secondary N) is 1. The number of rotatable bonds is 5. The molecule has 1 aromatic heterocycles. The van der Waals surface area contributed by atoms with Crippen LogP contribution in [0.5, 0.6) is 11.5 Å². The van der Waals surface area contributed by atoms with Crippen molar-refractivity contribution in [3.05, 3.63) is 64.8 Å². The molecule has 6 nitrogen and oxygen atoms in total. The summed E-state index contributed by atoms with van der Waals surface area (Å²) in [7, 11) is 0. The molecule has 0 bridgehead atoms. The Bertz CT molecular complexity index is 1170. The van der Waals surface area contributed by atoms with Crippen LogP contribution in [-0.2, 0) is 0 Å².